The molecule has 6 rings (SSSR count). The molecule has 0 saturated heterocycles. The van der Waals surface area contributed by atoms with Gasteiger partial charge in [-0.05, 0) is 169 Å². The van der Waals surface area contributed by atoms with Crippen molar-refractivity contribution in [3.63, 3.8) is 0 Å². The molecule has 0 radical (unpaired) electrons. The lowest BCUT2D eigenvalue weighted by molar-refractivity contribution is 0.101. The molecule has 0 N–H and O–H groups in total. The number of benzene rings is 6. The summed E-state index contributed by atoms with van der Waals surface area (Å²) in [5.74, 6) is 5.28. The lowest BCUT2D eigenvalue weighted by Gasteiger charge is -2.27. The first-order valence-corrected chi connectivity index (χ1v) is 33.6. The quantitative estimate of drug-likeness (QED) is 0.0267. The van der Waals surface area contributed by atoms with Gasteiger partial charge < -0.3 is 66.3 Å². The molecule has 0 fully saturated rings. The zero-order chi connectivity index (χ0) is 70.3. The van der Waals surface area contributed by atoms with Crippen LogP contribution in [0.1, 0.15) is 255 Å². The Morgan fingerprint density at radius 1 is 0.416 bits per heavy atom. The molecule has 101 heavy (non-hydrogen) atoms. The second-order valence-electron chi connectivity index (χ2n) is 25.5. The van der Waals surface area contributed by atoms with Gasteiger partial charge in [0, 0.05) is 90.3 Å². The van der Waals surface area contributed by atoms with Gasteiger partial charge in [-0.1, -0.05) is 150 Å². The van der Waals surface area contributed by atoms with Crippen molar-refractivity contribution in [3.05, 3.63) is 174 Å². The molecule has 0 heterocycles. The van der Waals surface area contributed by atoms with Gasteiger partial charge in [0.05, 0.1) is 62.4 Å². The maximum Gasteiger partial charge on any atom is 0.163 e. The van der Waals surface area contributed by atoms with Crippen molar-refractivity contribution < 1.29 is 71.1 Å². The molecule has 0 aliphatic carbocycles. The molecule has 15 nitrogen and oxygen atoms in total. The number of carbonyl (C=O) groups excluding carboxylic acids is 1. The van der Waals surface area contributed by atoms with Crippen molar-refractivity contribution in [2.75, 3.05) is 96.5 Å². The smallest absolute Gasteiger partial charge is 0.163 e. The fourth-order valence-corrected chi connectivity index (χ4v) is 10.7. The summed E-state index contributed by atoms with van der Waals surface area (Å²) in [4.78, 5) is 12.2. The van der Waals surface area contributed by atoms with E-state index < -0.39 is 0 Å². The highest BCUT2D eigenvalue weighted by Gasteiger charge is 2.26. The number of hydrogen-bond donors (Lipinski definition) is 0. The fraction of sp³-hybridized carbons (Fsp3) is 0.565. The van der Waals surface area contributed by atoms with Crippen LogP contribution in [0.25, 0.3) is 0 Å². The van der Waals surface area contributed by atoms with Gasteiger partial charge in [0.25, 0.3) is 0 Å². The molecule has 0 aromatic heterocycles. The van der Waals surface area contributed by atoms with Crippen LogP contribution in [0, 0.1) is 0 Å². The van der Waals surface area contributed by atoms with Crippen LogP contribution in [-0.2, 0) is 88.4 Å². The Morgan fingerprint density at radius 3 is 1.12 bits per heavy atom. The van der Waals surface area contributed by atoms with E-state index in [1.54, 1.807) is 63.8 Å². The Kier molecular flexibility index (Phi) is 50.0. The van der Waals surface area contributed by atoms with Crippen LogP contribution in [0.4, 0.5) is 0 Å². The first-order valence-electron chi connectivity index (χ1n) is 33.2. The van der Waals surface area contributed by atoms with Crippen LogP contribution >= 0.6 is 11.6 Å². The van der Waals surface area contributed by atoms with E-state index in [0.29, 0.717) is 113 Å². The van der Waals surface area contributed by atoms with Gasteiger partial charge in [0.15, 0.2) is 5.78 Å². The van der Waals surface area contributed by atoms with Gasteiger partial charge in [-0.15, -0.1) is 0 Å². The summed E-state index contributed by atoms with van der Waals surface area (Å²) in [6, 6.07) is 32.7. The third-order valence-electron chi connectivity index (χ3n) is 17.0. The number of rotatable bonds is 38. The van der Waals surface area contributed by atoms with E-state index >= 15 is 0 Å². The Balaban J connectivity index is -0.00000139. The van der Waals surface area contributed by atoms with Crippen molar-refractivity contribution in [1.82, 2.24) is 0 Å². The Hall–Kier alpha value is -6.24. The molecule has 4 unspecified atom stereocenters. The molecular weight excluding hydrogens is 1300 g/mol. The van der Waals surface area contributed by atoms with Crippen molar-refractivity contribution in [2.24, 2.45) is 0 Å². The van der Waals surface area contributed by atoms with E-state index in [0.717, 1.165) is 92.3 Å². The number of methoxy groups -OCH3 is 8. The Morgan fingerprint density at radius 2 is 0.772 bits per heavy atom. The maximum atomic E-state index is 12.2. The predicted octanol–water partition coefficient (Wildman–Crippen LogP) is 22.4. The van der Waals surface area contributed by atoms with Crippen molar-refractivity contribution in [3.8, 4) is 34.5 Å². The number of ether oxygens (including phenoxy) is 14. The van der Waals surface area contributed by atoms with Crippen LogP contribution in [-0.4, -0.2) is 102 Å². The molecular formula is C85H137ClO15. The maximum absolute atomic E-state index is 12.2. The van der Waals surface area contributed by atoms with E-state index in [4.69, 9.17) is 77.9 Å². The molecule has 0 aliphatic heterocycles. The Labute approximate surface area is 619 Å². The minimum absolute atomic E-state index is 0. The molecule has 0 spiro atoms. The van der Waals surface area contributed by atoms with E-state index in [1.165, 1.54) is 16.7 Å². The standard InChI is InChI=1S/C29H44O4.C26H36O6.C24H33ClO5.6CH4/c1-11-29(7,8)22-12-14-24(15-13-22)32-16-17-33-27-25(20(2)30-9)18-23(28(4,5)6)19-26(27)21(3)31-10;1-7-18(2)21-8-9-25(24(14-21)19(3)27)31-10-11-32-26-22(16-29-5)12-20(15-28-4)13-23(26)17-30-6;1-6-17(2)19-7-8-23(22(25)13-19)29-9-10-30-24-20(15-27-4)11-18(14-26-3)12-21(24)16-28-5;;;;;;/h12-15,18-21H,11,16-17H2,1-10H3;8-9,12-14,18H,7,10-11,15-17H2,1-6H3;7-8,11-13,17H,6,9-10,14-16H2,1-5H3;6*1H4. The molecule has 0 amide bonds. The van der Waals surface area contributed by atoms with Crippen LogP contribution in [0.15, 0.2) is 97.1 Å². The van der Waals surface area contributed by atoms with Crippen LogP contribution in [0.5, 0.6) is 34.5 Å². The average Bonchev–Trinajstić information content (AvgIpc) is 0.786. The number of Topliss-reactive ketones (excluding diaryl/α,β-unsaturated/α-hetero) is 1. The SMILES string of the molecule is C.C.C.C.C.C.CCC(C)(C)c1ccc(OCCOc2c(C(C)OC)cc(C(C)(C)C)cc2C(C)OC)cc1.CCC(C)c1ccc(OCCOc2c(COC)cc(COC)cc2COC)c(C(C)=O)c1.CCC(C)c1ccc(OCCOc2c(COC)cc(COC)cc2COC)c(Cl)c1. The second-order valence-corrected chi connectivity index (χ2v) is 26.0. The molecule has 6 aromatic carbocycles. The minimum Gasteiger partial charge on any atom is -0.490 e. The molecule has 574 valence electrons. The van der Waals surface area contributed by atoms with Crippen LogP contribution in [0.2, 0.25) is 5.02 Å². The monoisotopic (exact) mass is 1430 g/mol. The lowest BCUT2D eigenvalue weighted by Crippen LogP contribution is -2.17. The third kappa shape index (κ3) is 30.9. The largest absolute Gasteiger partial charge is 0.490 e. The normalized spacial score (nSPS) is 12.0. The summed E-state index contributed by atoms with van der Waals surface area (Å²) in [6.45, 7) is 32.7. The zero-order valence-corrected chi connectivity index (χ0v) is 61.9. The van der Waals surface area contributed by atoms with Crippen molar-refractivity contribution >= 4 is 17.4 Å². The van der Waals surface area contributed by atoms with E-state index in [1.807, 2.05) is 80.6 Å². The van der Waals surface area contributed by atoms with E-state index in [9.17, 15) is 4.79 Å². The number of carbonyl (C=O) groups is 1. The first kappa shape index (κ1) is 98.9. The summed E-state index contributed by atoms with van der Waals surface area (Å²) in [6.07, 6.45) is 2.99. The van der Waals surface area contributed by atoms with Crippen LogP contribution in [0.3, 0.4) is 0 Å². The molecule has 4 atom stereocenters. The summed E-state index contributed by atoms with van der Waals surface area (Å²) in [7, 11) is 13.4. The molecule has 0 aliphatic rings. The van der Waals surface area contributed by atoms with Crippen LogP contribution < -0.4 is 28.4 Å². The van der Waals surface area contributed by atoms with Gasteiger partial charge in [-0.2, -0.15) is 0 Å². The lowest BCUT2D eigenvalue weighted by atomic mass is 9.82. The molecule has 0 saturated carbocycles. The van der Waals surface area contributed by atoms with Gasteiger partial charge in [0.1, 0.15) is 74.1 Å². The topological polar surface area (TPSA) is 146 Å². The van der Waals surface area contributed by atoms with Gasteiger partial charge >= 0.3 is 0 Å². The van der Waals surface area contributed by atoms with Gasteiger partial charge in [-0.3, -0.25) is 4.79 Å². The van der Waals surface area contributed by atoms with Gasteiger partial charge in [0.2, 0.25) is 0 Å². The number of ketones is 1. The predicted molar refractivity (Wildman–Crippen MR) is 422 cm³/mol. The zero-order valence-electron chi connectivity index (χ0n) is 61.2. The summed E-state index contributed by atoms with van der Waals surface area (Å²) in [5.41, 5.74) is 13.6. The highest BCUT2D eigenvalue weighted by atomic mass is 35.5. The summed E-state index contributed by atoms with van der Waals surface area (Å²) >= 11 is 6.40. The van der Waals surface area contributed by atoms with Gasteiger partial charge in [-0.25, -0.2) is 0 Å². The molecule has 6 aromatic rings. The average molecular weight is 1430 g/mol. The summed E-state index contributed by atoms with van der Waals surface area (Å²) in [5, 5.41) is 0.622. The summed E-state index contributed by atoms with van der Waals surface area (Å²) < 4.78 is 79.6. The van der Waals surface area contributed by atoms with E-state index in [-0.39, 0.29) is 73.4 Å². The number of hydrogen-bond acceptors (Lipinski definition) is 15. The highest BCUT2D eigenvalue weighted by Crippen LogP contribution is 2.41. The molecule has 0 bridgehead atoms. The van der Waals surface area contributed by atoms with Crippen molar-refractivity contribution in [2.45, 2.75) is 228 Å². The van der Waals surface area contributed by atoms with Crippen molar-refractivity contribution in [1.29, 1.82) is 0 Å². The third-order valence-corrected chi connectivity index (χ3v) is 17.3. The minimum atomic E-state index is -0.0968. The number of halogens is 1. The Bertz CT molecular complexity index is 3140. The second kappa shape index (κ2) is 51.0. The first-order chi connectivity index (χ1) is 45.4. The van der Waals surface area contributed by atoms with E-state index in [2.05, 4.69) is 99.6 Å². The highest BCUT2D eigenvalue weighted by molar-refractivity contribution is 6.32. The molecule has 16 heteroatoms. The fourth-order valence-electron chi connectivity index (χ4n) is 10.5.